The van der Waals surface area contributed by atoms with Gasteiger partial charge in [-0.25, -0.2) is 9.78 Å². The number of hydrogen-bond donors (Lipinski definition) is 2. The summed E-state index contributed by atoms with van der Waals surface area (Å²) in [5, 5.41) is 5.90. The summed E-state index contributed by atoms with van der Waals surface area (Å²) in [5.41, 5.74) is 4.98. The molecule has 3 rings (SSSR count). The molecule has 140 valence electrons. The van der Waals surface area contributed by atoms with Crippen molar-refractivity contribution >= 4 is 11.7 Å². The SMILES string of the molecule is CCc1cccc(CC)c1NC(=O)NCCc1coc(-c2ccccc2)n1. The molecule has 2 amide bonds. The molecule has 0 radical (unpaired) electrons. The van der Waals surface area contributed by atoms with E-state index in [1.54, 1.807) is 6.26 Å². The van der Waals surface area contributed by atoms with Crippen molar-refractivity contribution in [1.82, 2.24) is 10.3 Å². The zero-order valence-electron chi connectivity index (χ0n) is 15.8. The zero-order chi connectivity index (χ0) is 19.1. The third-order valence-corrected chi connectivity index (χ3v) is 4.48. The lowest BCUT2D eigenvalue weighted by Crippen LogP contribution is -2.31. The van der Waals surface area contributed by atoms with E-state index in [9.17, 15) is 4.79 Å². The molecule has 27 heavy (non-hydrogen) atoms. The van der Waals surface area contributed by atoms with Crippen LogP contribution < -0.4 is 10.6 Å². The number of benzene rings is 2. The Hall–Kier alpha value is -3.08. The summed E-state index contributed by atoms with van der Waals surface area (Å²) in [6.07, 6.45) is 4.01. The Labute approximate surface area is 159 Å². The van der Waals surface area contributed by atoms with Crippen molar-refractivity contribution in [2.45, 2.75) is 33.1 Å². The van der Waals surface area contributed by atoms with Gasteiger partial charge in [0.15, 0.2) is 0 Å². The number of amides is 2. The summed E-state index contributed by atoms with van der Waals surface area (Å²) in [4.78, 5) is 16.8. The Balaban J connectivity index is 1.54. The van der Waals surface area contributed by atoms with Crippen LogP contribution in [0, 0.1) is 0 Å². The number of nitrogens with zero attached hydrogens (tertiary/aromatic N) is 1. The molecule has 0 atom stereocenters. The van der Waals surface area contributed by atoms with E-state index >= 15 is 0 Å². The number of aryl methyl sites for hydroxylation is 2. The van der Waals surface area contributed by atoms with E-state index in [2.05, 4.69) is 41.6 Å². The first-order valence-corrected chi connectivity index (χ1v) is 9.36. The summed E-state index contributed by atoms with van der Waals surface area (Å²) in [6, 6.07) is 15.7. The van der Waals surface area contributed by atoms with Crippen molar-refractivity contribution in [3.8, 4) is 11.5 Å². The monoisotopic (exact) mass is 363 g/mol. The van der Waals surface area contributed by atoms with Gasteiger partial charge in [0, 0.05) is 24.2 Å². The fourth-order valence-corrected chi connectivity index (χ4v) is 3.00. The molecule has 3 aromatic rings. The molecule has 0 fully saturated rings. The molecular formula is C22H25N3O2. The Morgan fingerprint density at radius 3 is 2.37 bits per heavy atom. The smallest absolute Gasteiger partial charge is 0.319 e. The normalized spacial score (nSPS) is 10.6. The third-order valence-electron chi connectivity index (χ3n) is 4.48. The fraction of sp³-hybridized carbons (Fsp3) is 0.273. The number of aromatic nitrogens is 1. The number of nitrogens with one attached hydrogen (secondary N) is 2. The molecular weight excluding hydrogens is 338 g/mol. The summed E-state index contributed by atoms with van der Waals surface area (Å²) >= 11 is 0. The number of urea groups is 1. The lowest BCUT2D eigenvalue weighted by Gasteiger charge is -2.14. The number of hydrogen-bond acceptors (Lipinski definition) is 3. The van der Waals surface area contributed by atoms with Crippen LogP contribution in [0.1, 0.15) is 30.7 Å². The standard InChI is InChI=1S/C22H25N3O2/c1-3-16-11-8-12-17(4-2)20(16)25-22(26)23-14-13-19-15-27-21(24-19)18-9-6-5-7-10-18/h5-12,15H,3-4,13-14H2,1-2H3,(H2,23,25,26). The highest BCUT2D eigenvalue weighted by atomic mass is 16.3. The molecule has 0 saturated heterocycles. The Morgan fingerprint density at radius 2 is 1.70 bits per heavy atom. The molecule has 2 N–H and O–H groups in total. The number of rotatable bonds is 7. The molecule has 5 nitrogen and oxygen atoms in total. The molecule has 0 aliphatic carbocycles. The van der Waals surface area contributed by atoms with Gasteiger partial charge in [0.25, 0.3) is 0 Å². The highest BCUT2D eigenvalue weighted by Crippen LogP contribution is 2.22. The molecule has 0 aliphatic rings. The van der Waals surface area contributed by atoms with Gasteiger partial charge in [-0.15, -0.1) is 0 Å². The van der Waals surface area contributed by atoms with Crippen LogP contribution in [0.2, 0.25) is 0 Å². The van der Waals surface area contributed by atoms with Crippen molar-refractivity contribution in [2.75, 3.05) is 11.9 Å². The second kappa shape index (κ2) is 9.03. The molecule has 0 saturated carbocycles. The molecule has 2 aromatic carbocycles. The third kappa shape index (κ3) is 4.76. The van der Waals surface area contributed by atoms with Gasteiger partial charge in [0.05, 0.1) is 5.69 Å². The minimum Gasteiger partial charge on any atom is -0.444 e. The first-order valence-electron chi connectivity index (χ1n) is 9.36. The predicted molar refractivity (Wildman–Crippen MR) is 108 cm³/mol. The van der Waals surface area contributed by atoms with Crippen LogP contribution in [0.15, 0.2) is 59.2 Å². The maximum Gasteiger partial charge on any atom is 0.319 e. The van der Waals surface area contributed by atoms with Gasteiger partial charge in [0.1, 0.15) is 6.26 Å². The second-order valence-electron chi connectivity index (χ2n) is 6.30. The maximum atomic E-state index is 12.3. The van der Waals surface area contributed by atoms with Crippen molar-refractivity contribution in [3.05, 3.63) is 71.6 Å². The number of carbonyl (C=O) groups is 1. The van der Waals surface area contributed by atoms with Crippen molar-refractivity contribution < 1.29 is 9.21 Å². The molecule has 1 heterocycles. The van der Waals surface area contributed by atoms with E-state index in [-0.39, 0.29) is 6.03 Å². The summed E-state index contributed by atoms with van der Waals surface area (Å²) < 4.78 is 5.52. The lowest BCUT2D eigenvalue weighted by molar-refractivity contribution is 0.252. The molecule has 5 heteroatoms. The summed E-state index contributed by atoms with van der Waals surface area (Å²) in [7, 11) is 0. The zero-order valence-corrected chi connectivity index (χ0v) is 15.8. The van der Waals surface area contributed by atoms with Crippen LogP contribution >= 0.6 is 0 Å². The van der Waals surface area contributed by atoms with Crippen LogP contribution in [0.3, 0.4) is 0 Å². The number of anilines is 1. The second-order valence-corrected chi connectivity index (χ2v) is 6.30. The topological polar surface area (TPSA) is 67.2 Å². The summed E-state index contributed by atoms with van der Waals surface area (Å²) in [6.45, 7) is 4.67. The van der Waals surface area contributed by atoms with Gasteiger partial charge in [0.2, 0.25) is 5.89 Å². The number of carbonyl (C=O) groups excluding carboxylic acids is 1. The van der Waals surface area contributed by atoms with E-state index in [0.717, 1.165) is 40.9 Å². The molecule has 0 spiro atoms. The Bertz CT molecular complexity index is 865. The van der Waals surface area contributed by atoms with Gasteiger partial charge < -0.3 is 15.1 Å². The first kappa shape index (κ1) is 18.7. The largest absolute Gasteiger partial charge is 0.444 e. The van der Waals surface area contributed by atoms with Gasteiger partial charge in [-0.3, -0.25) is 0 Å². The highest BCUT2D eigenvalue weighted by Gasteiger charge is 2.10. The van der Waals surface area contributed by atoms with Gasteiger partial charge >= 0.3 is 6.03 Å². The van der Waals surface area contributed by atoms with Crippen LogP contribution in [-0.2, 0) is 19.3 Å². The Kier molecular flexibility index (Phi) is 6.26. The van der Waals surface area contributed by atoms with Gasteiger partial charge in [-0.2, -0.15) is 0 Å². The van der Waals surface area contributed by atoms with E-state index in [4.69, 9.17) is 4.42 Å². The maximum absolute atomic E-state index is 12.3. The lowest BCUT2D eigenvalue weighted by atomic mass is 10.0. The van der Waals surface area contributed by atoms with E-state index in [1.807, 2.05) is 36.4 Å². The molecule has 0 bridgehead atoms. The van der Waals surface area contributed by atoms with Crippen LogP contribution in [-0.4, -0.2) is 17.6 Å². The van der Waals surface area contributed by atoms with Crippen LogP contribution in [0.25, 0.3) is 11.5 Å². The van der Waals surface area contributed by atoms with Crippen LogP contribution in [0.4, 0.5) is 10.5 Å². The molecule has 0 aliphatic heterocycles. The molecule has 1 aromatic heterocycles. The van der Waals surface area contributed by atoms with Crippen molar-refractivity contribution in [1.29, 1.82) is 0 Å². The van der Waals surface area contributed by atoms with Crippen molar-refractivity contribution in [2.24, 2.45) is 0 Å². The minimum atomic E-state index is -0.197. The van der Waals surface area contributed by atoms with E-state index in [1.165, 1.54) is 0 Å². The predicted octanol–water partition coefficient (Wildman–Crippen LogP) is 4.83. The number of para-hydroxylation sites is 1. The molecule has 0 unspecified atom stereocenters. The van der Waals surface area contributed by atoms with E-state index < -0.39 is 0 Å². The van der Waals surface area contributed by atoms with Gasteiger partial charge in [-0.1, -0.05) is 50.2 Å². The first-order chi connectivity index (χ1) is 13.2. The van der Waals surface area contributed by atoms with Gasteiger partial charge in [-0.05, 0) is 36.1 Å². The average molecular weight is 363 g/mol. The fourth-order valence-electron chi connectivity index (χ4n) is 3.00. The van der Waals surface area contributed by atoms with Crippen LogP contribution in [0.5, 0.6) is 0 Å². The minimum absolute atomic E-state index is 0.197. The quantitative estimate of drug-likeness (QED) is 0.632. The van der Waals surface area contributed by atoms with E-state index in [0.29, 0.717) is 18.9 Å². The summed E-state index contributed by atoms with van der Waals surface area (Å²) in [5.74, 6) is 0.597. The number of oxazole rings is 1. The van der Waals surface area contributed by atoms with Crippen molar-refractivity contribution in [3.63, 3.8) is 0 Å². The Morgan fingerprint density at radius 1 is 1.00 bits per heavy atom. The average Bonchev–Trinajstić information content (AvgIpc) is 3.17. The highest BCUT2D eigenvalue weighted by molar-refractivity contribution is 5.91.